The summed E-state index contributed by atoms with van der Waals surface area (Å²) in [6.45, 7) is 8.24. The smallest absolute Gasteiger partial charge is 0.316 e. The number of nitriles is 1. The van der Waals surface area contributed by atoms with Crippen molar-refractivity contribution < 1.29 is 19.4 Å². The average Bonchev–Trinajstić information content (AvgIpc) is 2.86. The molecule has 1 amide bonds. The second kappa shape index (κ2) is 9.69. The lowest BCUT2D eigenvalue weighted by atomic mass is 9.49. The van der Waals surface area contributed by atoms with E-state index in [0.717, 1.165) is 38.5 Å². The van der Waals surface area contributed by atoms with Gasteiger partial charge in [-0.2, -0.15) is 5.26 Å². The van der Waals surface area contributed by atoms with Crippen molar-refractivity contribution in [2.75, 3.05) is 0 Å². The Hall–Kier alpha value is -2.89. The molecule has 0 radical (unpaired) electrons. The molecule has 3 aliphatic carbocycles. The number of aliphatic hydroxyl groups excluding tert-OH is 1. The van der Waals surface area contributed by atoms with E-state index < -0.39 is 0 Å². The van der Waals surface area contributed by atoms with Crippen LogP contribution in [0.1, 0.15) is 82.1 Å². The summed E-state index contributed by atoms with van der Waals surface area (Å²) in [6.07, 6.45) is 8.55. The highest BCUT2D eigenvalue weighted by atomic mass is 35.5. The third-order valence-electron chi connectivity index (χ3n) is 8.93. The number of nitrogens with one attached hydrogen (secondary N) is 1. The number of carbonyl (C=O) groups is 1. The van der Waals surface area contributed by atoms with Crippen LogP contribution in [0.15, 0.2) is 30.6 Å². The molecule has 2 N–H and O–H groups in total. The molecule has 0 bridgehead atoms. The highest BCUT2D eigenvalue weighted by Crippen LogP contribution is 2.56. The number of amides is 1. The van der Waals surface area contributed by atoms with Crippen molar-refractivity contribution in [3.05, 3.63) is 46.7 Å². The third-order valence-corrected chi connectivity index (χ3v) is 9.24. The third kappa shape index (κ3) is 4.83. The molecule has 0 unspecified atom stereocenters. The van der Waals surface area contributed by atoms with Gasteiger partial charge >= 0.3 is 6.01 Å². The monoisotopic (exact) mass is 538 g/mol. The molecule has 8 nitrogen and oxygen atoms in total. The van der Waals surface area contributed by atoms with Crippen molar-refractivity contribution in [1.82, 2.24) is 15.3 Å². The molecule has 3 aliphatic rings. The summed E-state index contributed by atoms with van der Waals surface area (Å²) >= 11 is 6.18. The molecule has 3 saturated carbocycles. The van der Waals surface area contributed by atoms with Crippen molar-refractivity contribution in [1.29, 1.82) is 5.26 Å². The first-order chi connectivity index (χ1) is 17.9. The summed E-state index contributed by atoms with van der Waals surface area (Å²) in [5.41, 5.74) is 0.354. The zero-order valence-electron chi connectivity index (χ0n) is 22.3. The summed E-state index contributed by atoms with van der Waals surface area (Å²) in [4.78, 5) is 21.7. The van der Waals surface area contributed by atoms with E-state index in [1.807, 2.05) is 0 Å². The van der Waals surface area contributed by atoms with Crippen molar-refractivity contribution in [3.63, 3.8) is 0 Å². The quantitative estimate of drug-likeness (QED) is 0.526. The standard InChI is InChI=1S/C29H35ClN4O4/c1-27(2)24(28(3,4)25(27)37-20-6-5-17(14-31)22(30)11-20)34-23(36)18-15-32-26(33-16-18)38-21-12-29(13-21)9-7-19(35)8-10-29/h5-6,11,15-16,19,21,24-25,35H,7-10,12-13H2,1-4H3,(H,34,36). The van der Waals surface area contributed by atoms with Crippen LogP contribution in [0.4, 0.5) is 0 Å². The largest absolute Gasteiger partial charge is 0.489 e. The van der Waals surface area contributed by atoms with E-state index in [9.17, 15) is 9.90 Å². The summed E-state index contributed by atoms with van der Waals surface area (Å²) in [5, 5.41) is 22.4. The van der Waals surface area contributed by atoms with Crippen LogP contribution in [-0.2, 0) is 0 Å². The molecule has 202 valence electrons. The van der Waals surface area contributed by atoms with Crippen LogP contribution in [0.3, 0.4) is 0 Å². The van der Waals surface area contributed by atoms with Crippen LogP contribution < -0.4 is 14.8 Å². The van der Waals surface area contributed by atoms with Gasteiger partial charge in [-0.3, -0.25) is 4.79 Å². The zero-order chi connectivity index (χ0) is 27.3. The molecule has 1 spiro atoms. The Morgan fingerprint density at radius 3 is 2.32 bits per heavy atom. The molecular weight excluding hydrogens is 504 g/mol. The van der Waals surface area contributed by atoms with Gasteiger partial charge in [0, 0.05) is 35.3 Å². The minimum absolute atomic E-state index is 0.0874. The maximum atomic E-state index is 13.1. The van der Waals surface area contributed by atoms with Crippen LogP contribution in [0.25, 0.3) is 0 Å². The minimum atomic E-state index is -0.362. The van der Waals surface area contributed by atoms with Gasteiger partial charge in [-0.25, -0.2) is 9.97 Å². The summed E-state index contributed by atoms with van der Waals surface area (Å²) in [5.74, 6) is 0.346. The number of hydrogen-bond donors (Lipinski definition) is 2. The number of hydrogen-bond acceptors (Lipinski definition) is 7. The van der Waals surface area contributed by atoms with Gasteiger partial charge in [0.05, 0.1) is 22.3 Å². The Morgan fingerprint density at radius 2 is 1.74 bits per heavy atom. The van der Waals surface area contributed by atoms with E-state index in [1.165, 1.54) is 12.4 Å². The molecule has 1 aromatic heterocycles. The number of rotatable bonds is 6. The van der Waals surface area contributed by atoms with E-state index in [0.29, 0.717) is 27.3 Å². The average molecular weight is 539 g/mol. The molecular formula is C29H35ClN4O4. The Morgan fingerprint density at radius 1 is 1.11 bits per heavy atom. The maximum Gasteiger partial charge on any atom is 0.316 e. The van der Waals surface area contributed by atoms with Crippen molar-refractivity contribution in [3.8, 4) is 17.8 Å². The molecule has 5 rings (SSSR count). The number of ether oxygens (including phenoxy) is 2. The summed E-state index contributed by atoms with van der Waals surface area (Å²) < 4.78 is 12.2. The van der Waals surface area contributed by atoms with Gasteiger partial charge in [0.25, 0.3) is 5.91 Å². The van der Waals surface area contributed by atoms with Gasteiger partial charge in [-0.05, 0) is 56.1 Å². The van der Waals surface area contributed by atoms with Crippen LogP contribution in [0.5, 0.6) is 11.8 Å². The van der Waals surface area contributed by atoms with Gasteiger partial charge < -0.3 is 19.9 Å². The number of nitrogens with zero attached hydrogens (tertiary/aromatic N) is 3. The predicted octanol–water partition coefficient (Wildman–Crippen LogP) is 5.08. The highest BCUT2D eigenvalue weighted by molar-refractivity contribution is 6.31. The summed E-state index contributed by atoms with van der Waals surface area (Å²) in [6, 6.07) is 7.23. The van der Waals surface area contributed by atoms with E-state index >= 15 is 0 Å². The number of aliphatic hydroxyl groups is 1. The normalized spacial score (nSPS) is 30.9. The van der Waals surface area contributed by atoms with Crippen molar-refractivity contribution in [2.24, 2.45) is 16.2 Å². The number of benzene rings is 1. The van der Waals surface area contributed by atoms with Gasteiger partial charge in [0.1, 0.15) is 24.0 Å². The second-order valence-electron chi connectivity index (χ2n) is 12.4. The molecule has 9 heteroatoms. The van der Waals surface area contributed by atoms with E-state index in [-0.39, 0.29) is 47.1 Å². The minimum Gasteiger partial charge on any atom is -0.489 e. The molecule has 3 fully saturated rings. The SMILES string of the molecule is CC1(C)C(NC(=O)c2cnc(OC3CC4(CCC(O)CC4)C3)nc2)C(C)(C)C1Oc1ccc(C#N)c(Cl)c1. The molecule has 38 heavy (non-hydrogen) atoms. The van der Waals surface area contributed by atoms with Crippen LogP contribution in [0.2, 0.25) is 5.02 Å². The van der Waals surface area contributed by atoms with Gasteiger partial charge in [-0.15, -0.1) is 0 Å². The van der Waals surface area contributed by atoms with Crippen molar-refractivity contribution in [2.45, 2.75) is 90.6 Å². The van der Waals surface area contributed by atoms with E-state index in [2.05, 4.69) is 49.0 Å². The molecule has 0 atom stereocenters. The van der Waals surface area contributed by atoms with Crippen molar-refractivity contribution >= 4 is 17.5 Å². The van der Waals surface area contributed by atoms with Gasteiger partial charge in [-0.1, -0.05) is 39.3 Å². The lowest BCUT2D eigenvalue weighted by Crippen LogP contribution is -2.74. The fourth-order valence-electron chi connectivity index (χ4n) is 7.07. The van der Waals surface area contributed by atoms with Gasteiger partial charge in [0.2, 0.25) is 0 Å². The molecule has 2 aromatic rings. The number of halogens is 1. The Kier molecular flexibility index (Phi) is 6.81. The Bertz CT molecular complexity index is 1220. The predicted molar refractivity (Wildman–Crippen MR) is 142 cm³/mol. The first-order valence-corrected chi connectivity index (χ1v) is 13.7. The first-order valence-electron chi connectivity index (χ1n) is 13.3. The van der Waals surface area contributed by atoms with Crippen LogP contribution in [0, 0.1) is 27.6 Å². The first kappa shape index (κ1) is 26.7. The van der Waals surface area contributed by atoms with E-state index in [1.54, 1.807) is 18.2 Å². The number of aromatic nitrogens is 2. The maximum absolute atomic E-state index is 13.1. The van der Waals surface area contributed by atoms with E-state index in [4.69, 9.17) is 26.3 Å². The molecule has 1 aromatic carbocycles. The lowest BCUT2D eigenvalue weighted by Gasteiger charge is -2.63. The second-order valence-corrected chi connectivity index (χ2v) is 12.8. The topological polar surface area (TPSA) is 117 Å². The van der Waals surface area contributed by atoms with Crippen LogP contribution in [-0.4, -0.2) is 45.3 Å². The molecule has 0 aliphatic heterocycles. The lowest BCUT2D eigenvalue weighted by molar-refractivity contribution is -0.164. The fraction of sp³-hybridized carbons (Fsp3) is 0.586. The number of carbonyl (C=O) groups excluding carboxylic acids is 1. The fourth-order valence-corrected chi connectivity index (χ4v) is 7.28. The Balaban J connectivity index is 1.16. The molecule has 1 heterocycles. The van der Waals surface area contributed by atoms with Crippen LogP contribution >= 0.6 is 11.6 Å². The van der Waals surface area contributed by atoms with Gasteiger partial charge in [0.15, 0.2) is 0 Å². The molecule has 0 saturated heterocycles. The highest BCUT2D eigenvalue weighted by Gasteiger charge is 2.64. The summed E-state index contributed by atoms with van der Waals surface area (Å²) in [7, 11) is 0. The zero-order valence-corrected chi connectivity index (χ0v) is 23.1. The Labute approximate surface area is 228 Å².